The van der Waals surface area contributed by atoms with Gasteiger partial charge in [0.05, 0.1) is 15.7 Å². The molecule has 0 saturated heterocycles. The second-order valence-corrected chi connectivity index (χ2v) is 7.91. The molecule has 6 heteroatoms. The van der Waals surface area contributed by atoms with E-state index in [0.29, 0.717) is 10.0 Å². The van der Waals surface area contributed by atoms with Gasteiger partial charge in [-0.25, -0.2) is 0 Å². The molecule has 0 radical (unpaired) electrons. The van der Waals surface area contributed by atoms with E-state index in [-0.39, 0.29) is 5.37 Å². The molecule has 0 saturated carbocycles. The number of halogens is 2. The number of fused-ring (bicyclic) bond motifs is 1. The molecule has 0 aromatic heterocycles. The maximum Gasteiger partial charge on any atom is 0.191 e. The van der Waals surface area contributed by atoms with Gasteiger partial charge in [-0.2, -0.15) is 0 Å². The third-order valence-electron chi connectivity index (χ3n) is 3.81. The van der Waals surface area contributed by atoms with Gasteiger partial charge in [0.2, 0.25) is 0 Å². The predicted molar refractivity (Wildman–Crippen MR) is 97.7 cm³/mol. The molecule has 0 spiro atoms. The van der Waals surface area contributed by atoms with Gasteiger partial charge in [0.15, 0.2) is 10.3 Å². The second-order valence-electron chi connectivity index (χ2n) is 5.49. The van der Waals surface area contributed by atoms with Gasteiger partial charge in [-0.05, 0) is 42.8 Å². The number of hydrogen-bond donors (Lipinski definition) is 2. The van der Waals surface area contributed by atoms with Crippen LogP contribution in [-0.4, -0.2) is 16.5 Å². The normalized spacial score (nSPS) is 19.4. The highest BCUT2D eigenvalue weighted by molar-refractivity contribution is 7.92. The molecule has 1 aliphatic rings. The third kappa shape index (κ3) is 4.14. The molecule has 3 rings (SSSR count). The zero-order chi connectivity index (χ0) is 16.2. The van der Waals surface area contributed by atoms with Crippen LogP contribution in [-0.2, 0) is 17.7 Å². The Morgan fingerprint density at radius 1 is 1.13 bits per heavy atom. The van der Waals surface area contributed by atoms with E-state index in [1.807, 2.05) is 42.5 Å². The molecule has 2 atom stereocenters. The summed E-state index contributed by atoms with van der Waals surface area (Å²) in [4.78, 5) is 0.918. The molecule has 3 nitrogen and oxygen atoms in total. The molecule has 0 aliphatic carbocycles. The van der Waals surface area contributed by atoms with Gasteiger partial charge in [-0.3, -0.25) is 0 Å². The predicted octanol–water partition coefficient (Wildman–Crippen LogP) is 4.42. The molecule has 2 N–H and O–H groups in total. The average molecular weight is 369 g/mol. The molecule has 0 bridgehead atoms. The average Bonchev–Trinajstić information content (AvgIpc) is 2.87. The van der Waals surface area contributed by atoms with Crippen LogP contribution >= 0.6 is 23.2 Å². The highest BCUT2D eigenvalue weighted by atomic mass is 35.5. The van der Waals surface area contributed by atoms with Crippen molar-refractivity contribution >= 4 is 40.1 Å². The van der Waals surface area contributed by atoms with Gasteiger partial charge < -0.3 is 15.2 Å². The summed E-state index contributed by atoms with van der Waals surface area (Å²) in [5.74, 6) is 0. The van der Waals surface area contributed by atoms with E-state index in [4.69, 9.17) is 23.2 Å². The van der Waals surface area contributed by atoms with Crippen LogP contribution in [0.3, 0.4) is 0 Å². The van der Waals surface area contributed by atoms with Crippen molar-refractivity contribution in [2.45, 2.75) is 29.7 Å². The fourth-order valence-corrected chi connectivity index (χ4v) is 4.41. The van der Waals surface area contributed by atoms with Crippen molar-refractivity contribution in [1.29, 1.82) is 0 Å². The van der Waals surface area contributed by atoms with Crippen molar-refractivity contribution in [3.05, 3.63) is 58.1 Å². The van der Waals surface area contributed by atoms with E-state index in [9.17, 15) is 4.55 Å². The summed E-state index contributed by atoms with van der Waals surface area (Å²) in [5.41, 5.74) is 2.11. The molecule has 1 aliphatic heterocycles. The summed E-state index contributed by atoms with van der Waals surface area (Å²) in [6, 6.07) is 13.5. The first-order valence-electron chi connectivity index (χ1n) is 7.56. The van der Waals surface area contributed by atoms with E-state index < -0.39 is 11.2 Å². The topological polar surface area (TPSA) is 47.1 Å². The molecule has 1 heterocycles. The molecule has 0 amide bonds. The van der Waals surface area contributed by atoms with Crippen molar-refractivity contribution in [2.24, 2.45) is 0 Å². The first-order chi connectivity index (χ1) is 11.1. The van der Waals surface area contributed by atoms with Gasteiger partial charge in [0.25, 0.3) is 0 Å². The quantitative estimate of drug-likeness (QED) is 0.585. The zero-order valence-electron chi connectivity index (χ0n) is 12.5. The van der Waals surface area contributed by atoms with Crippen LogP contribution in [0.2, 0.25) is 10.0 Å². The summed E-state index contributed by atoms with van der Waals surface area (Å²) >= 11 is 10.9. The minimum Gasteiger partial charge on any atom is -0.610 e. The summed E-state index contributed by atoms with van der Waals surface area (Å²) in [7, 11) is 0. The second kappa shape index (κ2) is 7.77. The smallest absolute Gasteiger partial charge is 0.191 e. The third-order valence-corrected chi connectivity index (χ3v) is 6.21. The van der Waals surface area contributed by atoms with Crippen LogP contribution in [0, 0.1) is 0 Å². The number of rotatable bonds is 6. The van der Waals surface area contributed by atoms with E-state index in [1.54, 1.807) is 0 Å². The number of nitrogens with one attached hydrogen (secondary N) is 2. The standard InChI is InChI=1S/C17H18Cl2N2OS/c18-13-8-7-12(10-14(13)19)11-20-9-3-6-17-21-15-4-1-2-5-16(15)23(17)22/h1-2,4-5,7-8,10,17,20-21H,3,6,9,11H2. The Labute approximate surface area is 149 Å². The molecule has 23 heavy (non-hydrogen) atoms. The summed E-state index contributed by atoms with van der Waals surface area (Å²) in [6.45, 7) is 1.62. The fraction of sp³-hybridized carbons (Fsp3) is 0.294. The van der Waals surface area contributed by atoms with Crippen LogP contribution < -0.4 is 10.6 Å². The monoisotopic (exact) mass is 368 g/mol. The Balaban J connectivity index is 1.40. The lowest BCUT2D eigenvalue weighted by Gasteiger charge is -2.14. The molecule has 2 aromatic carbocycles. The maximum absolute atomic E-state index is 12.4. The fourth-order valence-electron chi connectivity index (χ4n) is 2.62. The Morgan fingerprint density at radius 2 is 1.96 bits per heavy atom. The lowest BCUT2D eigenvalue weighted by Crippen LogP contribution is -2.24. The Kier molecular flexibility index (Phi) is 5.72. The van der Waals surface area contributed by atoms with Gasteiger partial charge in [0.1, 0.15) is 0 Å². The van der Waals surface area contributed by atoms with Gasteiger partial charge in [0, 0.05) is 24.1 Å². The number of hydrogen-bond acceptors (Lipinski definition) is 3. The van der Waals surface area contributed by atoms with Crippen LogP contribution in [0.4, 0.5) is 5.69 Å². The Hall–Kier alpha value is -0.910. The molecular formula is C17H18Cl2N2OS. The number of para-hydroxylation sites is 1. The first kappa shape index (κ1) is 16.9. The SMILES string of the molecule is [O-][S+]1c2ccccc2NC1CCCNCc1ccc(Cl)c(Cl)c1. The van der Waals surface area contributed by atoms with Gasteiger partial charge in [-0.1, -0.05) is 41.4 Å². The maximum atomic E-state index is 12.4. The summed E-state index contributed by atoms with van der Waals surface area (Å²) in [6.07, 6.45) is 1.83. The molecule has 0 fully saturated rings. The Morgan fingerprint density at radius 3 is 2.74 bits per heavy atom. The Bertz CT molecular complexity index is 683. The van der Waals surface area contributed by atoms with Crippen molar-refractivity contribution in [3.8, 4) is 0 Å². The molecule has 2 unspecified atom stereocenters. The minimum atomic E-state index is -0.954. The van der Waals surface area contributed by atoms with E-state index >= 15 is 0 Å². The van der Waals surface area contributed by atoms with Crippen LogP contribution in [0.15, 0.2) is 47.4 Å². The molecule has 122 valence electrons. The van der Waals surface area contributed by atoms with Crippen molar-refractivity contribution in [2.75, 3.05) is 11.9 Å². The molecular weight excluding hydrogens is 351 g/mol. The van der Waals surface area contributed by atoms with E-state index in [2.05, 4.69) is 10.6 Å². The number of anilines is 1. The van der Waals surface area contributed by atoms with Crippen LogP contribution in [0.25, 0.3) is 0 Å². The van der Waals surface area contributed by atoms with Crippen molar-refractivity contribution in [1.82, 2.24) is 5.32 Å². The zero-order valence-corrected chi connectivity index (χ0v) is 14.8. The van der Waals surface area contributed by atoms with Crippen molar-refractivity contribution < 1.29 is 4.55 Å². The van der Waals surface area contributed by atoms with Crippen molar-refractivity contribution in [3.63, 3.8) is 0 Å². The van der Waals surface area contributed by atoms with Gasteiger partial charge >= 0.3 is 0 Å². The van der Waals surface area contributed by atoms with Crippen LogP contribution in [0.1, 0.15) is 18.4 Å². The molecule has 2 aromatic rings. The highest BCUT2D eigenvalue weighted by Gasteiger charge is 2.33. The lowest BCUT2D eigenvalue weighted by molar-refractivity contribution is 0.571. The minimum absolute atomic E-state index is 0.0131. The highest BCUT2D eigenvalue weighted by Crippen LogP contribution is 2.34. The van der Waals surface area contributed by atoms with Crippen LogP contribution in [0.5, 0.6) is 0 Å². The summed E-state index contributed by atoms with van der Waals surface area (Å²) < 4.78 is 12.4. The lowest BCUT2D eigenvalue weighted by atomic mass is 10.2. The largest absolute Gasteiger partial charge is 0.610 e. The summed E-state index contributed by atoms with van der Waals surface area (Å²) in [5, 5.41) is 7.89. The van der Waals surface area contributed by atoms with Gasteiger partial charge in [-0.15, -0.1) is 0 Å². The number of benzene rings is 2. The van der Waals surface area contributed by atoms with E-state index in [0.717, 1.165) is 42.1 Å². The van der Waals surface area contributed by atoms with E-state index in [1.165, 1.54) is 0 Å². The first-order valence-corrected chi connectivity index (χ1v) is 9.53.